The summed E-state index contributed by atoms with van der Waals surface area (Å²) in [5.41, 5.74) is 12.1. The lowest BCUT2D eigenvalue weighted by Crippen LogP contribution is -2.12. The second kappa shape index (κ2) is 8.40. The molecule has 1 aromatic carbocycles. The summed E-state index contributed by atoms with van der Waals surface area (Å²) in [6, 6.07) is 9.61. The minimum absolute atomic E-state index is 0.0228. The minimum atomic E-state index is -0.666. The Kier molecular flexibility index (Phi) is 6.26. The lowest BCUT2D eigenvalue weighted by molar-refractivity contribution is 0.0999. The number of pyridine rings is 1. The van der Waals surface area contributed by atoms with Crippen molar-refractivity contribution in [3.8, 4) is 5.88 Å². The van der Waals surface area contributed by atoms with Gasteiger partial charge >= 0.3 is 0 Å². The fourth-order valence-corrected chi connectivity index (χ4v) is 2.47. The van der Waals surface area contributed by atoms with Gasteiger partial charge in [-0.3, -0.25) is 4.79 Å². The number of nitrogens with two attached hydrogens (primary N) is 2. The first-order valence-electron chi connectivity index (χ1n) is 7.93. The van der Waals surface area contributed by atoms with Gasteiger partial charge in [-0.15, -0.1) is 0 Å². The lowest BCUT2D eigenvalue weighted by atomic mass is 9.98. The number of hydrogen-bond donors (Lipinski definition) is 2. The topological polar surface area (TPSA) is 91.2 Å². The summed E-state index contributed by atoms with van der Waals surface area (Å²) in [5, 5.41) is 0. The standard InChI is InChI=1S/C18H22FN3O2/c1-2-12(8-9-20)16-4-3-5-17(22-16)24-11-14-7-6-13(18(21)23)10-15(14)19/h3-7,10,12H,2,8-9,11,20H2,1H3,(H2,21,23). The fraction of sp³-hybridized carbons (Fsp3) is 0.333. The van der Waals surface area contributed by atoms with E-state index in [9.17, 15) is 9.18 Å². The fourth-order valence-electron chi connectivity index (χ4n) is 2.47. The average molecular weight is 331 g/mol. The minimum Gasteiger partial charge on any atom is -0.473 e. The highest BCUT2D eigenvalue weighted by atomic mass is 19.1. The van der Waals surface area contributed by atoms with E-state index in [2.05, 4.69) is 11.9 Å². The van der Waals surface area contributed by atoms with E-state index in [1.54, 1.807) is 6.07 Å². The molecule has 1 unspecified atom stereocenters. The number of carbonyl (C=O) groups is 1. The van der Waals surface area contributed by atoms with Crippen molar-refractivity contribution in [2.75, 3.05) is 6.54 Å². The van der Waals surface area contributed by atoms with Crippen molar-refractivity contribution in [3.05, 3.63) is 59.0 Å². The molecule has 1 amide bonds. The number of primary amides is 1. The van der Waals surface area contributed by atoms with Gasteiger partial charge in [0, 0.05) is 28.8 Å². The molecule has 0 saturated carbocycles. The highest BCUT2D eigenvalue weighted by Crippen LogP contribution is 2.23. The Bertz CT molecular complexity index is 706. The van der Waals surface area contributed by atoms with Crippen LogP contribution in [0.15, 0.2) is 36.4 Å². The van der Waals surface area contributed by atoms with Gasteiger partial charge in [0.2, 0.25) is 11.8 Å². The van der Waals surface area contributed by atoms with Crippen LogP contribution in [-0.2, 0) is 6.61 Å². The van der Waals surface area contributed by atoms with E-state index >= 15 is 0 Å². The molecule has 24 heavy (non-hydrogen) atoms. The molecule has 5 nitrogen and oxygen atoms in total. The number of carbonyl (C=O) groups excluding carboxylic acids is 1. The Morgan fingerprint density at radius 2 is 2.12 bits per heavy atom. The predicted molar refractivity (Wildman–Crippen MR) is 90.2 cm³/mol. The first-order valence-corrected chi connectivity index (χ1v) is 7.93. The Hall–Kier alpha value is -2.47. The quantitative estimate of drug-likeness (QED) is 0.778. The number of aromatic nitrogens is 1. The molecule has 2 rings (SSSR count). The molecule has 6 heteroatoms. The van der Waals surface area contributed by atoms with Gasteiger partial charge in [0.1, 0.15) is 12.4 Å². The normalized spacial score (nSPS) is 12.0. The highest BCUT2D eigenvalue weighted by Gasteiger charge is 2.12. The monoisotopic (exact) mass is 331 g/mol. The molecule has 4 N–H and O–H groups in total. The summed E-state index contributed by atoms with van der Waals surface area (Å²) in [4.78, 5) is 15.5. The third-order valence-corrected chi connectivity index (χ3v) is 3.88. The van der Waals surface area contributed by atoms with E-state index in [0.717, 1.165) is 24.6 Å². The molecule has 0 bridgehead atoms. The molecule has 0 radical (unpaired) electrons. The molecule has 1 atom stereocenters. The number of amides is 1. The second-order valence-corrected chi connectivity index (χ2v) is 5.54. The molecule has 1 heterocycles. The SMILES string of the molecule is CCC(CCN)c1cccc(OCc2ccc(C(N)=O)cc2F)n1. The maximum absolute atomic E-state index is 14.0. The van der Waals surface area contributed by atoms with Gasteiger partial charge in [0.05, 0.1) is 0 Å². The summed E-state index contributed by atoms with van der Waals surface area (Å²) in [6.07, 6.45) is 1.80. The summed E-state index contributed by atoms with van der Waals surface area (Å²) in [5.74, 6) is -0.482. The maximum Gasteiger partial charge on any atom is 0.248 e. The predicted octanol–water partition coefficient (Wildman–Crippen LogP) is 2.74. The van der Waals surface area contributed by atoms with E-state index in [1.807, 2.05) is 12.1 Å². The number of ether oxygens (including phenoxy) is 1. The van der Waals surface area contributed by atoms with Crippen LogP contribution in [0.5, 0.6) is 5.88 Å². The third-order valence-electron chi connectivity index (χ3n) is 3.88. The van der Waals surface area contributed by atoms with Crippen molar-refractivity contribution >= 4 is 5.91 Å². The third kappa shape index (κ3) is 4.52. The Morgan fingerprint density at radius 1 is 1.33 bits per heavy atom. The zero-order valence-electron chi connectivity index (χ0n) is 13.7. The van der Waals surface area contributed by atoms with Crippen LogP contribution in [0.1, 0.15) is 47.3 Å². The van der Waals surface area contributed by atoms with Crippen molar-refractivity contribution < 1.29 is 13.9 Å². The van der Waals surface area contributed by atoms with Gasteiger partial charge in [-0.2, -0.15) is 0 Å². The molecule has 0 aliphatic rings. The molecular weight excluding hydrogens is 309 g/mol. The number of benzene rings is 1. The Labute approximate surface area is 140 Å². The Morgan fingerprint density at radius 3 is 2.75 bits per heavy atom. The molecular formula is C18H22FN3O2. The largest absolute Gasteiger partial charge is 0.473 e. The average Bonchev–Trinajstić information content (AvgIpc) is 2.58. The molecule has 0 spiro atoms. The molecule has 0 saturated heterocycles. The van der Waals surface area contributed by atoms with Gasteiger partial charge in [0.15, 0.2) is 0 Å². The maximum atomic E-state index is 14.0. The number of hydrogen-bond acceptors (Lipinski definition) is 4. The summed E-state index contributed by atoms with van der Waals surface area (Å²) < 4.78 is 19.5. The second-order valence-electron chi connectivity index (χ2n) is 5.54. The van der Waals surface area contributed by atoms with Crippen LogP contribution in [0, 0.1) is 5.82 Å². The molecule has 0 aliphatic carbocycles. The van der Waals surface area contributed by atoms with Crippen LogP contribution in [0.4, 0.5) is 4.39 Å². The van der Waals surface area contributed by atoms with Crippen LogP contribution in [0.3, 0.4) is 0 Å². The van der Waals surface area contributed by atoms with Crippen LogP contribution >= 0.6 is 0 Å². The van der Waals surface area contributed by atoms with Crippen molar-refractivity contribution in [2.24, 2.45) is 11.5 Å². The van der Waals surface area contributed by atoms with Gasteiger partial charge in [0.25, 0.3) is 0 Å². The summed E-state index contributed by atoms with van der Waals surface area (Å²) in [6.45, 7) is 2.71. The van der Waals surface area contributed by atoms with Crippen LogP contribution < -0.4 is 16.2 Å². The van der Waals surface area contributed by atoms with Crippen LogP contribution in [0.2, 0.25) is 0 Å². The van der Waals surface area contributed by atoms with E-state index in [1.165, 1.54) is 12.1 Å². The Balaban J connectivity index is 2.08. The van der Waals surface area contributed by atoms with E-state index < -0.39 is 11.7 Å². The first-order chi connectivity index (χ1) is 11.5. The molecule has 1 aromatic heterocycles. The molecule has 128 valence electrons. The van der Waals surface area contributed by atoms with Crippen molar-refractivity contribution in [1.82, 2.24) is 4.98 Å². The van der Waals surface area contributed by atoms with E-state index in [0.29, 0.717) is 18.0 Å². The van der Waals surface area contributed by atoms with Crippen LogP contribution in [-0.4, -0.2) is 17.4 Å². The summed E-state index contributed by atoms with van der Waals surface area (Å²) >= 11 is 0. The highest BCUT2D eigenvalue weighted by molar-refractivity contribution is 5.92. The molecule has 2 aromatic rings. The van der Waals surface area contributed by atoms with Gasteiger partial charge in [-0.05, 0) is 37.6 Å². The van der Waals surface area contributed by atoms with Crippen molar-refractivity contribution in [1.29, 1.82) is 0 Å². The molecule has 0 aliphatic heterocycles. The number of rotatable bonds is 8. The number of halogens is 1. The molecule has 0 fully saturated rings. The van der Waals surface area contributed by atoms with E-state index in [-0.39, 0.29) is 18.1 Å². The summed E-state index contributed by atoms with van der Waals surface area (Å²) in [7, 11) is 0. The lowest BCUT2D eigenvalue weighted by Gasteiger charge is -2.14. The van der Waals surface area contributed by atoms with Gasteiger partial charge in [-0.1, -0.05) is 19.1 Å². The van der Waals surface area contributed by atoms with Crippen molar-refractivity contribution in [3.63, 3.8) is 0 Å². The smallest absolute Gasteiger partial charge is 0.248 e. The van der Waals surface area contributed by atoms with Crippen molar-refractivity contribution in [2.45, 2.75) is 32.3 Å². The zero-order valence-corrected chi connectivity index (χ0v) is 13.7. The van der Waals surface area contributed by atoms with Gasteiger partial charge < -0.3 is 16.2 Å². The number of nitrogens with zero attached hydrogens (tertiary/aromatic N) is 1. The first kappa shape index (κ1) is 17.9. The van der Waals surface area contributed by atoms with Gasteiger partial charge in [-0.25, -0.2) is 9.37 Å². The van der Waals surface area contributed by atoms with E-state index in [4.69, 9.17) is 16.2 Å². The zero-order chi connectivity index (χ0) is 17.5. The van der Waals surface area contributed by atoms with Crippen LogP contribution in [0.25, 0.3) is 0 Å².